The number of aryl methyl sites for hydroxylation is 1. The summed E-state index contributed by atoms with van der Waals surface area (Å²) < 4.78 is 1.89. The highest BCUT2D eigenvalue weighted by Crippen LogP contribution is 2.18. The number of hydrogen-bond donors (Lipinski definition) is 1. The summed E-state index contributed by atoms with van der Waals surface area (Å²) in [7, 11) is 1.98. The Labute approximate surface area is 115 Å². The molecule has 2 saturated heterocycles. The van der Waals surface area contributed by atoms with Crippen LogP contribution < -0.4 is 10.2 Å². The summed E-state index contributed by atoms with van der Waals surface area (Å²) in [5, 5.41) is 7.71. The molecule has 2 aliphatic rings. The molecule has 19 heavy (non-hydrogen) atoms. The maximum absolute atomic E-state index is 4.26. The van der Waals surface area contributed by atoms with Crippen molar-refractivity contribution >= 4 is 5.69 Å². The topological polar surface area (TPSA) is 36.3 Å². The lowest BCUT2D eigenvalue weighted by Gasteiger charge is -2.37. The first-order valence-electron chi connectivity index (χ1n) is 7.48. The summed E-state index contributed by atoms with van der Waals surface area (Å²) in [5.41, 5.74) is 1.27. The minimum atomic E-state index is 0.909. The van der Waals surface area contributed by atoms with Crippen LogP contribution in [0.3, 0.4) is 0 Å². The molecule has 0 spiro atoms. The van der Waals surface area contributed by atoms with Gasteiger partial charge in [0.05, 0.1) is 11.9 Å². The number of nitrogens with zero attached hydrogens (tertiary/aromatic N) is 4. The van der Waals surface area contributed by atoms with Crippen molar-refractivity contribution in [1.29, 1.82) is 0 Å². The standard InChI is InChI=1S/C14H25N5/c1-17-12-14(10-16-17)19-8-6-18(7-9-19)11-13-2-4-15-5-3-13/h10,12-13,15H,2-9,11H2,1H3. The number of anilines is 1. The molecule has 0 aliphatic carbocycles. The monoisotopic (exact) mass is 263 g/mol. The lowest BCUT2D eigenvalue weighted by Crippen LogP contribution is -2.48. The smallest absolute Gasteiger partial charge is 0.0753 e. The van der Waals surface area contributed by atoms with Gasteiger partial charge in [0, 0.05) is 46.0 Å². The molecular weight excluding hydrogens is 238 g/mol. The lowest BCUT2D eigenvalue weighted by atomic mass is 9.97. The molecule has 0 atom stereocenters. The molecule has 3 rings (SSSR count). The summed E-state index contributed by atoms with van der Waals surface area (Å²) in [5.74, 6) is 0.909. The van der Waals surface area contributed by atoms with Gasteiger partial charge in [-0.25, -0.2) is 0 Å². The van der Waals surface area contributed by atoms with Crippen LogP contribution in [-0.4, -0.2) is 60.5 Å². The van der Waals surface area contributed by atoms with Gasteiger partial charge in [0.15, 0.2) is 0 Å². The van der Waals surface area contributed by atoms with E-state index in [1.54, 1.807) is 0 Å². The van der Waals surface area contributed by atoms with Crippen LogP contribution in [0.25, 0.3) is 0 Å². The molecule has 1 aromatic rings. The van der Waals surface area contributed by atoms with Crippen molar-refractivity contribution < 1.29 is 0 Å². The maximum atomic E-state index is 4.26. The summed E-state index contributed by atoms with van der Waals surface area (Å²) in [6.07, 6.45) is 6.79. The molecule has 0 bridgehead atoms. The maximum Gasteiger partial charge on any atom is 0.0753 e. The van der Waals surface area contributed by atoms with Crippen LogP contribution >= 0.6 is 0 Å². The number of piperidine rings is 1. The minimum Gasteiger partial charge on any atom is -0.366 e. The molecule has 0 amide bonds. The van der Waals surface area contributed by atoms with E-state index in [4.69, 9.17) is 0 Å². The molecule has 0 aromatic carbocycles. The van der Waals surface area contributed by atoms with Crippen LogP contribution in [0.15, 0.2) is 12.4 Å². The average molecular weight is 263 g/mol. The van der Waals surface area contributed by atoms with Crippen LogP contribution in [-0.2, 0) is 7.05 Å². The van der Waals surface area contributed by atoms with E-state index in [-0.39, 0.29) is 0 Å². The Morgan fingerprint density at radius 3 is 2.58 bits per heavy atom. The summed E-state index contributed by atoms with van der Waals surface area (Å²) in [4.78, 5) is 5.09. The van der Waals surface area contributed by atoms with E-state index in [9.17, 15) is 0 Å². The van der Waals surface area contributed by atoms with Crippen molar-refractivity contribution in [3.8, 4) is 0 Å². The van der Waals surface area contributed by atoms with Crippen molar-refractivity contribution in [2.24, 2.45) is 13.0 Å². The van der Waals surface area contributed by atoms with Gasteiger partial charge in [-0.05, 0) is 31.8 Å². The fourth-order valence-corrected chi connectivity index (χ4v) is 3.19. The van der Waals surface area contributed by atoms with E-state index in [1.807, 2.05) is 17.9 Å². The number of rotatable bonds is 3. The Balaban J connectivity index is 1.46. The van der Waals surface area contributed by atoms with E-state index in [0.29, 0.717) is 0 Å². The molecule has 2 aliphatic heterocycles. The third-order valence-corrected chi connectivity index (χ3v) is 4.40. The Morgan fingerprint density at radius 1 is 1.21 bits per heavy atom. The Bertz CT molecular complexity index is 388. The predicted molar refractivity (Wildman–Crippen MR) is 77.5 cm³/mol. The van der Waals surface area contributed by atoms with E-state index < -0.39 is 0 Å². The highest BCUT2D eigenvalue weighted by molar-refractivity contribution is 5.42. The third-order valence-electron chi connectivity index (χ3n) is 4.40. The largest absolute Gasteiger partial charge is 0.366 e. The molecule has 1 N–H and O–H groups in total. The quantitative estimate of drug-likeness (QED) is 0.863. The van der Waals surface area contributed by atoms with Crippen LogP contribution in [0.1, 0.15) is 12.8 Å². The molecule has 2 fully saturated rings. The van der Waals surface area contributed by atoms with Crippen molar-refractivity contribution in [2.45, 2.75) is 12.8 Å². The Morgan fingerprint density at radius 2 is 1.95 bits per heavy atom. The number of piperazine rings is 1. The van der Waals surface area contributed by atoms with Gasteiger partial charge in [-0.15, -0.1) is 0 Å². The molecule has 0 radical (unpaired) electrons. The van der Waals surface area contributed by atoms with Gasteiger partial charge in [0.25, 0.3) is 0 Å². The normalized spacial score (nSPS) is 22.9. The van der Waals surface area contributed by atoms with E-state index in [0.717, 1.165) is 19.0 Å². The Hall–Kier alpha value is -1.07. The highest BCUT2D eigenvalue weighted by Gasteiger charge is 2.21. The van der Waals surface area contributed by atoms with Gasteiger partial charge in [-0.1, -0.05) is 0 Å². The summed E-state index contributed by atoms with van der Waals surface area (Å²) in [6, 6.07) is 0. The van der Waals surface area contributed by atoms with Crippen molar-refractivity contribution in [1.82, 2.24) is 20.0 Å². The minimum absolute atomic E-state index is 0.909. The SMILES string of the molecule is Cn1cc(N2CCN(CC3CCNCC3)CC2)cn1. The molecule has 0 saturated carbocycles. The van der Waals surface area contributed by atoms with Gasteiger partial charge >= 0.3 is 0 Å². The zero-order valence-corrected chi connectivity index (χ0v) is 11.9. The van der Waals surface area contributed by atoms with E-state index in [1.165, 1.54) is 51.3 Å². The summed E-state index contributed by atoms with van der Waals surface area (Å²) >= 11 is 0. The first kappa shape index (κ1) is 12.9. The zero-order chi connectivity index (χ0) is 13.1. The fraction of sp³-hybridized carbons (Fsp3) is 0.786. The predicted octanol–water partition coefficient (Wildman–Crippen LogP) is 0.542. The van der Waals surface area contributed by atoms with Crippen LogP contribution in [0, 0.1) is 5.92 Å². The first-order chi connectivity index (χ1) is 9.31. The molecule has 3 heterocycles. The lowest BCUT2D eigenvalue weighted by molar-refractivity contribution is 0.196. The molecule has 5 heteroatoms. The Kier molecular flexibility index (Phi) is 4.03. The van der Waals surface area contributed by atoms with Crippen molar-refractivity contribution in [3.05, 3.63) is 12.4 Å². The van der Waals surface area contributed by atoms with E-state index in [2.05, 4.69) is 26.4 Å². The molecule has 106 valence electrons. The van der Waals surface area contributed by atoms with Crippen molar-refractivity contribution in [3.63, 3.8) is 0 Å². The van der Waals surface area contributed by atoms with Crippen molar-refractivity contribution in [2.75, 3.05) is 50.7 Å². The van der Waals surface area contributed by atoms with Gasteiger partial charge in [0.1, 0.15) is 0 Å². The number of hydrogen-bond acceptors (Lipinski definition) is 4. The number of aromatic nitrogens is 2. The van der Waals surface area contributed by atoms with Gasteiger partial charge < -0.3 is 10.2 Å². The van der Waals surface area contributed by atoms with Crippen LogP contribution in [0.5, 0.6) is 0 Å². The summed E-state index contributed by atoms with van der Waals surface area (Å²) in [6.45, 7) is 8.37. The van der Waals surface area contributed by atoms with Gasteiger partial charge in [-0.3, -0.25) is 9.58 Å². The third kappa shape index (κ3) is 3.28. The van der Waals surface area contributed by atoms with Crippen LogP contribution in [0.2, 0.25) is 0 Å². The molecule has 5 nitrogen and oxygen atoms in total. The zero-order valence-electron chi connectivity index (χ0n) is 11.9. The van der Waals surface area contributed by atoms with Gasteiger partial charge in [0.2, 0.25) is 0 Å². The average Bonchev–Trinajstić information content (AvgIpc) is 2.87. The fourth-order valence-electron chi connectivity index (χ4n) is 3.19. The molecule has 0 unspecified atom stereocenters. The highest BCUT2D eigenvalue weighted by atomic mass is 15.3. The second kappa shape index (κ2) is 5.92. The molecule has 1 aromatic heterocycles. The molecular formula is C14H25N5. The van der Waals surface area contributed by atoms with E-state index >= 15 is 0 Å². The van der Waals surface area contributed by atoms with Gasteiger partial charge in [-0.2, -0.15) is 5.10 Å². The first-order valence-corrected chi connectivity index (χ1v) is 7.48. The second-order valence-electron chi connectivity index (χ2n) is 5.85. The second-order valence-corrected chi connectivity index (χ2v) is 5.85. The number of nitrogens with one attached hydrogen (secondary N) is 1. The van der Waals surface area contributed by atoms with Crippen LogP contribution in [0.4, 0.5) is 5.69 Å².